The molecule has 0 bridgehead atoms. The van der Waals surface area contributed by atoms with Crippen molar-refractivity contribution in [3.8, 4) is 0 Å². The van der Waals surface area contributed by atoms with Crippen LogP contribution < -0.4 is 5.73 Å². The van der Waals surface area contributed by atoms with E-state index < -0.39 is 0 Å². The van der Waals surface area contributed by atoms with E-state index in [2.05, 4.69) is 45.9 Å². The average Bonchev–Trinajstić information content (AvgIpc) is 2.30. The summed E-state index contributed by atoms with van der Waals surface area (Å²) in [6, 6.07) is 7.06. The SMILES string of the molecule is Cc1ccc(SC2CCCC(C)(C)C2N)cc1C. The molecule has 1 saturated carbocycles. The van der Waals surface area contributed by atoms with Crippen molar-refractivity contribution in [1.82, 2.24) is 0 Å². The number of hydrogen-bond acceptors (Lipinski definition) is 2. The minimum Gasteiger partial charge on any atom is -0.326 e. The lowest BCUT2D eigenvalue weighted by atomic mass is 9.73. The first-order chi connectivity index (χ1) is 8.40. The summed E-state index contributed by atoms with van der Waals surface area (Å²) >= 11 is 1.97. The molecule has 1 aromatic rings. The first kappa shape index (κ1) is 14.0. The van der Waals surface area contributed by atoms with E-state index in [9.17, 15) is 0 Å². The minimum absolute atomic E-state index is 0.287. The molecule has 0 radical (unpaired) electrons. The van der Waals surface area contributed by atoms with Crippen LogP contribution in [0.1, 0.15) is 44.2 Å². The third-order valence-electron chi connectivity index (χ3n) is 4.38. The van der Waals surface area contributed by atoms with E-state index in [-0.39, 0.29) is 5.41 Å². The third-order valence-corrected chi connectivity index (χ3v) is 5.74. The van der Waals surface area contributed by atoms with Crippen LogP contribution in [0.25, 0.3) is 0 Å². The lowest BCUT2D eigenvalue weighted by molar-refractivity contribution is 0.208. The quantitative estimate of drug-likeness (QED) is 0.861. The Morgan fingerprint density at radius 2 is 1.94 bits per heavy atom. The maximum absolute atomic E-state index is 6.45. The first-order valence-corrected chi connectivity index (χ1v) is 7.77. The van der Waals surface area contributed by atoms with E-state index in [4.69, 9.17) is 5.73 Å². The third kappa shape index (κ3) is 2.92. The van der Waals surface area contributed by atoms with E-state index in [0.717, 1.165) is 0 Å². The summed E-state index contributed by atoms with van der Waals surface area (Å²) in [5, 5.41) is 0.566. The number of hydrogen-bond donors (Lipinski definition) is 1. The molecule has 1 aliphatic rings. The summed E-state index contributed by atoms with van der Waals surface area (Å²) in [6.45, 7) is 8.97. The van der Waals surface area contributed by atoms with Gasteiger partial charge in [0.05, 0.1) is 0 Å². The summed E-state index contributed by atoms with van der Waals surface area (Å²) in [7, 11) is 0. The molecule has 2 unspecified atom stereocenters. The fourth-order valence-electron chi connectivity index (χ4n) is 2.70. The van der Waals surface area contributed by atoms with Crippen LogP contribution in [-0.2, 0) is 0 Å². The predicted molar refractivity (Wildman–Crippen MR) is 81.2 cm³/mol. The van der Waals surface area contributed by atoms with Gasteiger partial charge >= 0.3 is 0 Å². The second-order valence-corrected chi connectivity index (χ2v) is 7.62. The lowest BCUT2D eigenvalue weighted by Crippen LogP contribution is -2.48. The minimum atomic E-state index is 0.287. The molecule has 1 nitrogen and oxygen atoms in total. The maximum atomic E-state index is 6.45. The molecule has 2 heteroatoms. The molecular weight excluding hydrogens is 238 g/mol. The van der Waals surface area contributed by atoms with Gasteiger partial charge in [0.25, 0.3) is 0 Å². The van der Waals surface area contributed by atoms with Crippen LogP contribution in [-0.4, -0.2) is 11.3 Å². The molecule has 0 heterocycles. The molecule has 0 aromatic heterocycles. The number of nitrogens with two attached hydrogens (primary N) is 1. The van der Waals surface area contributed by atoms with Crippen molar-refractivity contribution in [2.75, 3.05) is 0 Å². The second-order valence-electron chi connectivity index (χ2n) is 6.31. The summed E-state index contributed by atoms with van der Waals surface area (Å²) < 4.78 is 0. The molecule has 2 rings (SSSR count). The van der Waals surface area contributed by atoms with Crippen LogP contribution in [0.15, 0.2) is 23.1 Å². The Hall–Kier alpha value is -0.470. The largest absolute Gasteiger partial charge is 0.326 e. The molecule has 1 aliphatic carbocycles. The number of thioether (sulfide) groups is 1. The second kappa shape index (κ2) is 5.26. The first-order valence-electron chi connectivity index (χ1n) is 6.90. The highest BCUT2D eigenvalue weighted by atomic mass is 32.2. The Labute approximate surface area is 116 Å². The summed E-state index contributed by atoms with van der Waals surface area (Å²) in [4.78, 5) is 1.37. The van der Waals surface area contributed by atoms with Crippen molar-refractivity contribution in [1.29, 1.82) is 0 Å². The van der Waals surface area contributed by atoms with Crippen LogP contribution in [0.4, 0.5) is 0 Å². The van der Waals surface area contributed by atoms with Gasteiger partial charge in [-0.15, -0.1) is 11.8 Å². The highest BCUT2D eigenvalue weighted by Crippen LogP contribution is 2.41. The Bertz CT molecular complexity index is 425. The predicted octanol–water partition coefficient (Wildman–Crippen LogP) is 4.30. The zero-order chi connectivity index (χ0) is 13.3. The molecule has 0 amide bonds. The highest BCUT2D eigenvalue weighted by molar-refractivity contribution is 8.00. The van der Waals surface area contributed by atoms with Crippen molar-refractivity contribution in [3.63, 3.8) is 0 Å². The number of benzene rings is 1. The number of rotatable bonds is 2. The molecule has 1 aromatic carbocycles. The molecule has 100 valence electrons. The Kier molecular flexibility index (Phi) is 4.08. The Morgan fingerprint density at radius 1 is 1.22 bits per heavy atom. The van der Waals surface area contributed by atoms with Gasteiger partial charge in [-0.25, -0.2) is 0 Å². The van der Waals surface area contributed by atoms with E-state index in [1.54, 1.807) is 0 Å². The van der Waals surface area contributed by atoms with Crippen molar-refractivity contribution < 1.29 is 0 Å². The standard InChI is InChI=1S/C16H25NS/c1-11-7-8-13(10-12(11)2)18-14-6-5-9-16(3,4)15(14)17/h7-8,10,14-15H,5-6,9,17H2,1-4H3. The van der Waals surface area contributed by atoms with Crippen molar-refractivity contribution in [2.24, 2.45) is 11.1 Å². The van der Waals surface area contributed by atoms with Gasteiger partial charge < -0.3 is 5.73 Å². The highest BCUT2D eigenvalue weighted by Gasteiger charge is 2.36. The maximum Gasteiger partial charge on any atom is 0.0251 e. The Morgan fingerprint density at radius 3 is 2.61 bits per heavy atom. The number of aryl methyl sites for hydroxylation is 2. The van der Waals surface area contributed by atoms with Gasteiger partial charge in [-0.1, -0.05) is 26.3 Å². The topological polar surface area (TPSA) is 26.0 Å². The summed E-state index contributed by atoms with van der Waals surface area (Å²) in [6.07, 6.45) is 3.82. The molecule has 0 spiro atoms. The molecular formula is C16H25NS. The zero-order valence-electron chi connectivity index (χ0n) is 12.0. The molecule has 0 aliphatic heterocycles. The van der Waals surface area contributed by atoms with Crippen molar-refractivity contribution >= 4 is 11.8 Å². The fourth-order valence-corrected chi connectivity index (χ4v) is 4.24. The van der Waals surface area contributed by atoms with E-state index in [1.807, 2.05) is 11.8 Å². The van der Waals surface area contributed by atoms with E-state index >= 15 is 0 Å². The van der Waals surface area contributed by atoms with Gasteiger partial charge in [0.2, 0.25) is 0 Å². The normalized spacial score (nSPS) is 27.2. The molecule has 2 atom stereocenters. The summed E-state index contributed by atoms with van der Waals surface area (Å²) in [5.41, 5.74) is 9.49. The van der Waals surface area contributed by atoms with Crippen LogP contribution in [0.2, 0.25) is 0 Å². The van der Waals surface area contributed by atoms with Crippen LogP contribution >= 0.6 is 11.8 Å². The molecule has 1 fully saturated rings. The smallest absolute Gasteiger partial charge is 0.0251 e. The van der Waals surface area contributed by atoms with Gasteiger partial charge in [-0.2, -0.15) is 0 Å². The van der Waals surface area contributed by atoms with Crippen LogP contribution in [0.5, 0.6) is 0 Å². The van der Waals surface area contributed by atoms with Crippen LogP contribution in [0.3, 0.4) is 0 Å². The van der Waals surface area contributed by atoms with E-state index in [0.29, 0.717) is 11.3 Å². The van der Waals surface area contributed by atoms with Crippen molar-refractivity contribution in [3.05, 3.63) is 29.3 Å². The van der Waals surface area contributed by atoms with Gasteiger partial charge in [0, 0.05) is 16.2 Å². The monoisotopic (exact) mass is 263 g/mol. The zero-order valence-corrected chi connectivity index (χ0v) is 12.8. The van der Waals surface area contributed by atoms with Crippen LogP contribution in [0, 0.1) is 19.3 Å². The van der Waals surface area contributed by atoms with E-state index in [1.165, 1.54) is 35.3 Å². The van der Waals surface area contributed by atoms with Gasteiger partial charge in [-0.3, -0.25) is 0 Å². The molecule has 0 saturated heterocycles. The average molecular weight is 263 g/mol. The summed E-state index contributed by atoms with van der Waals surface area (Å²) in [5.74, 6) is 0. The molecule has 18 heavy (non-hydrogen) atoms. The lowest BCUT2D eigenvalue weighted by Gasteiger charge is -2.41. The fraction of sp³-hybridized carbons (Fsp3) is 0.625. The van der Waals surface area contributed by atoms with Gasteiger partial charge in [0.15, 0.2) is 0 Å². The molecule has 2 N–H and O–H groups in total. The Balaban J connectivity index is 2.11. The van der Waals surface area contributed by atoms with Gasteiger partial charge in [0.1, 0.15) is 0 Å². The van der Waals surface area contributed by atoms with Gasteiger partial charge in [-0.05, 0) is 55.4 Å². The van der Waals surface area contributed by atoms with Crippen molar-refractivity contribution in [2.45, 2.75) is 63.1 Å².